The monoisotopic (exact) mass is 288 g/mol. The zero-order valence-corrected chi connectivity index (χ0v) is 12.2. The van der Waals surface area contributed by atoms with Gasteiger partial charge in [0, 0.05) is 24.5 Å². The Kier molecular flexibility index (Phi) is 3.44. The number of Topliss-reactive ketones (excluding diaryl/α,β-unsaturated/α-hetero) is 1. The summed E-state index contributed by atoms with van der Waals surface area (Å²) in [7, 11) is 1.84. The van der Waals surface area contributed by atoms with Gasteiger partial charge in [-0.05, 0) is 36.4 Å². The molecule has 3 rings (SSSR count). The van der Waals surface area contributed by atoms with Crippen LogP contribution in [0.1, 0.15) is 28.2 Å². The maximum atomic E-state index is 12.4. The van der Waals surface area contributed by atoms with Crippen LogP contribution in [-0.2, 0) is 18.3 Å². The summed E-state index contributed by atoms with van der Waals surface area (Å²) >= 11 is 1.66. The van der Waals surface area contributed by atoms with Gasteiger partial charge in [-0.15, -0.1) is 11.3 Å². The Morgan fingerprint density at radius 1 is 1.35 bits per heavy atom. The van der Waals surface area contributed by atoms with Gasteiger partial charge in [-0.3, -0.25) is 9.59 Å². The van der Waals surface area contributed by atoms with Gasteiger partial charge in [-0.25, -0.2) is 0 Å². The van der Waals surface area contributed by atoms with E-state index in [1.165, 1.54) is 4.88 Å². The maximum absolute atomic E-state index is 12.4. The molecule has 20 heavy (non-hydrogen) atoms. The van der Waals surface area contributed by atoms with E-state index in [4.69, 9.17) is 0 Å². The van der Waals surface area contributed by atoms with Crippen LogP contribution < -0.4 is 4.90 Å². The van der Waals surface area contributed by atoms with E-state index in [2.05, 4.69) is 0 Å². The average Bonchev–Trinajstić information content (AvgIpc) is 3.02. The summed E-state index contributed by atoms with van der Waals surface area (Å²) in [5.74, 6) is 0.0228. The van der Waals surface area contributed by atoms with E-state index in [-0.39, 0.29) is 18.2 Å². The van der Waals surface area contributed by atoms with E-state index >= 15 is 0 Å². The zero-order valence-electron chi connectivity index (χ0n) is 11.3. The molecule has 0 fully saturated rings. The molecule has 5 heteroatoms. The number of ketones is 1. The fourth-order valence-electron chi connectivity index (χ4n) is 2.58. The van der Waals surface area contributed by atoms with Gasteiger partial charge < -0.3 is 9.47 Å². The number of aromatic nitrogens is 1. The molecule has 0 saturated heterocycles. The maximum Gasteiger partial charge on any atom is 0.227 e. The van der Waals surface area contributed by atoms with Gasteiger partial charge in [-0.2, -0.15) is 0 Å². The molecule has 0 saturated carbocycles. The third-order valence-electron chi connectivity index (χ3n) is 3.64. The molecule has 1 amide bonds. The SMILES string of the molecule is Cn1cccc1C(=O)CN1C(=O)CCCc2sccc21. The minimum absolute atomic E-state index is 0.0232. The van der Waals surface area contributed by atoms with Crippen molar-refractivity contribution in [2.45, 2.75) is 19.3 Å². The van der Waals surface area contributed by atoms with Gasteiger partial charge in [0.15, 0.2) is 5.78 Å². The number of amides is 1. The lowest BCUT2D eigenvalue weighted by molar-refractivity contribution is -0.118. The highest BCUT2D eigenvalue weighted by Gasteiger charge is 2.25. The minimum Gasteiger partial charge on any atom is -0.348 e. The van der Waals surface area contributed by atoms with Crippen LogP contribution >= 0.6 is 11.3 Å². The first-order valence-corrected chi connectivity index (χ1v) is 7.56. The predicted octanol–water partition coefficient (Wildman–Crippen LogP) is 2.64. The molecule has 1 aliphatic rings. The third kappa shape index (κ3) is 2.29. The first-order valence-electron chi connectivity index (χ1n) is 6.68. The lowest BCUT2D eigenvalue weighted by Gasteiger charge is -2.20. The van der Waals surface area contributed by atoms with Gasteiger partial charge in [-0.1, -0.05) is 0 Å². The van der Waals surface area contributed by atoms with Crippen LogP contribution in [0.2, 0.25) is 0 Å². The molecule has 0 aliphatic carbocycles. The van der Waals surface area contributed by atoms with Crippen LogP contribution in [-0.4, -0.2) is 22.8 Å². The first-order chi connectivity index (χ1) is 9.66. The number of carbonyl (C=O) groups excluding carboxylic acids is 2. The highest BCUT2D eigenvalue weighted by molar-refractivity contribution is 7.10. The second kappa shape index (κ2) is 5.25. The van der Waals surface area contributed by atoms with E-state index < -0.39 is 0 Å². The Hall–Kier alpha value is -1.88. The van der Waals surface area contributed by atoms with Crippen LogP contribution in [0.25, 0.3) is 0 Å². The largest absolute Gasteiger partial charge is 0.348 e. The van der Waals surface area contributed by atoms with Gasteiger partial charge >= 0.3 is 0 Å². The van der Waals surface area contributed by atoms with E-state index in [0.29, 0.717) is 12.1 Å². The van der Waals surface area contributed by atoms with Crippen LogP contribution in [0.15, 0.2) is 29.8 Å². The second-order valence-electron chi connectivity index (χ2n) is 4.99. The number of nitrogens with zero attached hydrogens (tertiary/aromatic N) is 2. The lowest BCUT2D eigenvalue weighted by Crippen LogP contribution is -2.35. The van der Waals surface area contributed by atoms with Crippen molar-refractivity contribution in [2.75, 3.05) is 11.4 Å². The Balaban J connectivity index is 1.88. The number of thiophene rings is 1. The Bertz CT molecular complexity index is 656. The van der Waals surface area contributed by atoms with E-state index in [0.717, 1.165) is 18.5 Å². The van der Waals surface area contributed by atoms with Crippen molar-refractivity contribution in [1.82, 2.24) is 4.57 Å². The summed E-state index contributed by atoms with van der Waals surface area (Å²) in [5.41, 5.74) is 1.55. The lowest BCUT2D eigenvalue weighted by atomic mass is 10.2. The van der Waals surface area contributed by atoms with Crippen LogP contribution in [0, 0.1) is 0 Å². The average molecular weight is 288 g/mol. The number of hydrogen-bond acceptors (Lipinski definition) is 3. The van der Waals surface area contributed by atoms with Crippen LogP contribution in [0.4, 0.5) is 5.69 Å². The number of aryl methyl sites for hydroxylation is 2. The summed E-state index contributed by atoms with van der Waals surface area (Å²) in [6, 6.07) is 5.58. The highest BCUT2D eigenvalue weighted by Crippen LogP contribution is 2.31. The highest BCUT2D eigenvalue weighted by atomic mass is 32.1. The van der Waals surface area contributed by atoms with Crippen LogP contribution in [0.3, 0.4) is 0 Å². The molecule has 1 aliphatic heterocycles. The Labute approximate surface area is 121 Å². The van der Waals surface area contributed by atoms with Gasteiger partial charge in [0.2, 0.25) is 5.91 Å². The van der Waals surface area contributed by atoms with Crippen molar-refractivity contribution in [3.05, 3.63) is 40.3 Å². The first kappa shape index (κ1) is 13.1. The van der Waals surface area contributed by atoms with Gasteiger partial charge in [0.05, 0.1) is 17.9 Å². The molecule has 0 aromatic carbocycles. The van der Waals surface area contributed by atoms with Gasteiger partial charge in [0.25, 0.3) is 0 Å². The Morgan fingerprint density at radius 2 is 2.20 bits per heavy atom. The standard InChI is InChI=1S/C15H16N2O2S/c1-16-8-3-4-11(16)13(18)10-17-12-7-9-20-14(12)5-2-6-15(17)19/h3-4,7-9H,2,5-6,10H2,1H3. The second-order valence-corrected chi connectivity index (χ2v) is 5.99. The predicted molar refractivity (Wildman–Crippen MR) is 79.4 cm³/mol. The molecular formula is C15H16N2O2S. The summed E-state index contributed by atoms with van der Waals surface area (Å²) in [6.45, 7) is 0.125. The van der Waals surface area contributed by atoms with Gasteiger partial charge in [0.1, 0.15) is 0 Å². The van der Waals surface area contributed by atoms with Crippen molar-refractivity contribution < 1.29 is 9.59 Å². The summed E-state index contributed by atoms with van der Waals surface area (Å²) < 4.78 is 1.79. The van der Waals surface area contributed by atoms with Crippen molar-refractivity contribution >= 4 is 28.7 Å². The van der Waals surface area contributed by atoms with E-state index in [1.807, 2.05) is 30.8 Å². The molecule has 0 atom stereocenters. The molecule has 2 aromatic rings. The number of rotatable bonds is 3. The molecule has 3 heterocycles. The Morgan fingerprint density at radius 3 is 2.95 bits per heavy atom. The molecule has 0 spiro atoms. The minimum atomic E-state index is -0.0232. The summed E-state index contributed by atoms with van der Waals surface area (Å²) in [5, 5.41) is 1.99. The normalized spacial score (nSPS) is 15.1. The van der Waals surface area contributed by atoms with Crippen LogP contribution in [0.5, 0.6) is 0 Å². The van der Waals surface area contributed by atoms with Crippen molar-refractivity contribution in [3.63, 3.8) is 0 Å². The van der Waals surface area contributed by atoms with Crippen molar-refractivity contribution in [2.24, 2.45) is 7.05 Å². The van der Waals surface area contributed by atoms with Crippen molar-refractivity contribution in [3.8, 4) is 0 Å². The number of anilines is 1. The molecule has 0 bridgehead atoms. The number of carbonyl (C=O) groups is 2. The molecule has 2 aromatic heterocycles. The molecule has 0 N–H and O–H groups in total. The molecule has 104 valence electrons. The molecule has 0 radical (unpaired) electrons. The quantitative estimate of drug-likeness (QED) is 0.815. The zero-order chi connectivity index (χ0) is 14.1. The van der Waals surface area contributed by atoms with E-state index in [1.54, 1.807) is 26.9 Å². The fraction of sp³-hybridized carbons (Fsp3) is 0.333. The number of fused-ring (bicyclic) bond motifs is 1. The third-order valence-corrected chi connectivity index (χ3v) is 4.61. The molecular weight excluding hydrogens is 272 g/mol. The smallest absolute Gasteiger partial charge is 0.227 e. The summed E-state index contributed by atoms with van der Waals surface area (Å²) in [4.78, 5) is 27.5. The van der Waals surface area contributed by atoms with Crippen molar-refractivity contribution in [1.29, 1.82) is 0 Å². The van der Waals surface area contributed by atoms with E-state index in [9.17, 15) is 9.59 Å². The molecule has 4 nitrogen and oxygen atoms in total. The fourth-order valence-corrected chi connectivity index (χ4v) is 3.50. The molecule has 0 unspecified atom stereocenters. The summed E-state index contributed by atoms with van der Waals surface area (Å²) in [6.07, 6.45) is 4.14. The number of hydrogen-bond donors (Lipinski definition) is 0. The topological polar surface area (TPSA) is 42.3 Å².